The summed E-state index contributed by atoms with van der Waals surface area (Å²) in [5.41, 5.74) is 1.87. The van der Waals surface area contributed by atoms with Gasteiger partial charge in [-0.05, 0) is 36.8 Å². The Bertz CT molecular complexity index is 412. The van der Waals surface area contributed by atoms with Crippen LogP contribution in [0.1, 0.15) is 50.5 Å². The Morgan fingerprint density at radius 2 is 1.70 bits per heavy atom. The van der Waals surface area contributed by atoms with E-state index in [1.807, 2.05) is 18.2 Å². The smallest absolute Gasteiger partial charge is 0.0992 e. The van der Waals surface area contributed by atoms with Crippen molar-refractivity contribution in [3.8, 4) is 6.07 Å². The van der Waals surface area contributed by atoms with Crippen LogP contribution in [-0.2, 0) is 0 Å². The van der Waals surface area contributed by atoms with E-state index in [4.69, 9.17) is 5.26 Å². The second-order valence-electron chi connectivity index (χ2n) is 5.28. The van der Waals surface area contributed by atoms with Crippen molar-refractivity contribution < 1.29 is 0 Å². The number of hydrogen-bond donors (Lipinski definition) is 1. The van der Waals surface area contributed by atoms with Crippen LogP contribution in [0.15, 0.2) is 24.3 Å². The largest absolute Gasteiger partial charge is 0.375 e. The van der Waals surface area contributed by atoms with Crippen molar-refractivity contribution in [3.63, 3.8) is 0 Å². The van der Waals surface area contributed by atoms with Gasteiger partial charge in [-0.2, -0.15) is 17.9 Å². The summed E-state index contributed by atoms with van der Waals surface area (Å²) in [4.78, 5) is 2.24. The molecule has 0 saturated carbocycles. The van der Waals surface area contributed by atoms with Gasteiger partial charge in [0, 0.05) is 19.3 Å². The topological polar surface area (TPSA) is 27.0 Å². The Balaban J connectivity index is 2.14. The van der Waals surface area contributed by atoms with E-state index >= 15 is 0 Å². The molecule has 0 aliphatic heterocycles. The van der Waals surface area contributed by atoms with Crippen molar-refractivity contribution in [1.29, 1.82) is 5.26 Å². The lowest BCUT2D eigenvalue weighted by Crippen LogP contribution is -2.18. The number of thiol groups is 1. The molecule has 0 saturated heterocycles. The minimum atomic E-state index is 0.735. The molecule has 0 amide bonds. The van der Waals surface area contributed by atoms with Crippen molar-refractivity contribution >= 4 is 18.3 Å². The lowest BCUT2D eigenvalue weighted by molar-refractivity contribution is 0.590. The van der Waals surface area contributed by atoms with Crippen LogP contribution in [0.5, 0.6) is 0 Å². The highest BCUT2D eigenvalue weighted by atomic mass is 32.1. The Kier molecular flexibility index (Phi) is 8.98. The van der Waals surface area contributed by atoms with Crippen LogP contribution < -0.4 is 4.90 Å². The number of hydrogen-bond acceptors (Lipinski definition) is 3. The van der Waals surface area contributed by atoms with Crippen molar-refractivity contribution in [2.75, 3.05) is 24.2 Å². The van der Waals surface area contributed by atoms with Gasteiger partial charge in [-0.25, -0.2) is 0 Å². The van der Waals surface area contributed by atoms with Gasteiger partial charge in [-0.3, -0.25) is 0 Å². The lowest BCUT2D eigenvalue weighted by Gasteiger charge is -2.19. The first kappa shape index (κ1) is 16.9. The summed E-state index contributed by atoms with van der Waals surface area (Å²) < 4.78 is 0. The van der Waals surface area contributed by atoms with Crippen molar-refractivity contribution in [2.45, 2.75) is 44.9 Å². The zero-order chi connectivity index (χ0) is 14.6. The highest BCUT2D eigenvalue weighted by Crippen LogP contribution is 2.15. The lowest BCUT2D eigenvalue weighted by atomic mass is 10.1. The number of nitriles is 1. The summed E-state index contributed by atoms with van der Waals surface area (Å²) in [6.07, 6.45) is 9.12. The minimum Gasteiger partial charge on any atom is -0.375 e. The number of nitrogens with zero attached hydrogens (tertiary/aromatic N) is 2. The number of anilines is 1. The fraction of sp³-hybridized carbons (Fsp3) is 0.588. The standard InChI is InChI=1S/C17H26N2S/c1-19(17-11-9-10-16(14-17)15-18)12-7-5-3-2-4-6-8-13-20/h9-11,14,20H,2-8,12-13H2,1H3. The predicted molar refractivity (Wildman–Crippen MR) is 90.6 cm³/mol. The molecular formula is C17H26N2S. The molecule has 0 spiro atoms. The summed E-state index contributed by atoms with van der Waals surface area (Å²) in [5, 5.41) is 8.91. The predicted octanol–water partition coefficient (Wildman–Crippen LogP) is 4.65. The molecule has 2 nitrogen and oxygen atoms in total. The van der Waals surface area contributed by atoms with Crippen LogP contribution in [-0.4, -0.2) is 19.3 Å². The molecule has 0 bridgehead atoms. The molecule has 1 aromatic carbocycles. The average Bonchev–Trinajstić information content (AvgIpc) is 2.49. The van der Waals surface area contributed by atoms with Crippen LogP contribution in [0.4, 0.5) is 5.69 Å². The third-order valence-corrected chi connectivity index (χ3v) is 3.88. The first-order chi connectivity index (χ1) is 9.77. The summed E-state index contributed by atoms with van der Waals surface area (Å²) >= 11 is 4.22. The number of rotatable bonds is 10. The number of benzene rings is 1. The molecule has 0 radical (unpaired) electrons. The normalized spacial score (nSPS) is 10.2. The molecule has 0 aliphatic rings. The van der Waals surface area contributed by atoms with E-state index in [0.717, 1.165) is 23.5 Å². The van der Waals surface area contributed by atoms with E-state index in [2.05, 4.69) is 36.7 Å². The van der Waals surface area contributed by atoms with Crippen LogP contribution in [0.3, 0.4) is 0 Å². The summed E-state index contributed by atoms with van der Waals surface area (Å²) in [5.74, 6) is 1.02. The first-order valence-electron chi connectivity index (χ1n) is 7.60. The van der Waals surface area contributed by atoms with E-state index in [0.29, 0.717) is 0 Å². The molecule has 0 fully saturated rings. The van der Waals surface area contributed by atoms with Crippen LogP contribution >= 0.6 is 12.6 Å². The summed E-state index contributed by atoms with van der Waals surface area (Å²) in [7, 11) is 2.10. The Labute approximate surface area is 129 Å². The second kappa shape index (κ2) is 10.6. The van der Waals surface area contributed by atoms with E-state index in [1.54, 1.807) is 0 Å². The fourth-order valence-corrected chi connectivity index (χ4v) is 2.51. The molecule has 0 aromatic heterocycles. The van der Waals surface area contributed by atoms with Gasteiger partial charge in [0.15, 0.2) is 0 Å². The molecule has 0 heterocycles. The van der Waals surface area contributed by atoms with E-state index in [-0.39, 0.29) is 0 Å². The zero-order valence-corrected chi connectivity index (χ0v) is 13.4. The molecule has 0 atom stereocenters. The van der Waals surface area contributed by atoms with E-state index in [1.165, 1.54) is 44.9 Å². The van der Waals surface area contributed by atoms with Gasteiger partial charge in [-0.15, -0.1) is 0 Å². The van der Waals surface area contributed by atoms with Crippen molar-refractivity contribution in [1.82, 2.24) is 0 Å². The Morgan fingerprint density at radius 3 is 2.35 bits per heavy atom. The quantitative estimate of drug-likeness (QED) is 0.501. The summed E-state index contributed by atoms with van der Waals surface area (Å²) in [6, 6.07) is 10.0. The third-order valence-electron chi connectivity index (χ3n) is 3.57. The van der Waals surface area contributed by atoms with Gasteiger partial charge in [0.25, 0.3) is 0 Å². The third kappa shape index (κ3) is 6.86. The van der Waals surface area contributed by atoms with Gasteiger partial charge in [-0.1, -0.05) is 38.2 Å². The maximum absolute atomic E-state index is 8.91. The number of unbranched alkanes of at least 4 members (excludes halogenated alkanes) is 6. The van der Waals surface area contributed by atoms with Gasteiger partial charge in [0.1, 0.15) is 0 Å². The molecule has 1 rings (SSSR count). The Hall–Kier alpha value is -1.14. The maximum atomic E-state index is 8.91. The molecule has 0 aliphatic carbocycles. The van der Waals surface area contributed by atoms with Gasteiger partial charge < -0.3 is 4.90 Å². The van der Waals surface area contributed by atoms with Crippen LogP contribution in [0, 0.1) is 11.3 Å². The van der Waals surface area contributed by atoms with E-state index < -0.39 is 0 Å². The minimum absolute atomic E-state index is 0.735. The molecule has 20 heavy (non-hydrogen) atoms. The average molecular weight is 290 g/mol. The zero-order valence-electron chi connectivity index (χ0n) is 12.5. The van der Waals surface area contributed by atoms with Gasteiger partial charge >= 0.3 is 0 Å². The Morgan fingerprint density at radius 1 is 1.05 bits per heavy atom. The highest BCUT2D eigenvalue weighted by Gasteiger charge is 2.01. The summed E-state index contributed by atoms with van der Waals surface area (Å²) in [6.45, 7) is 1.06. The molecule has 0 N–H and O–H groups in total. The molecule has 1 aromatic rings. The van der Waals surface area contributed by atoms with Crippen LogP contribution in [0.25, 0.3) is 0 Å². The SMILES string of the molecule is CN(CCCCCCCCCS)c1cccc(C#N)c1. The van der Waals surface area contributed by atoms with Crippen molar-refractivity contribution in [2.24, 2.45) is 0 Å². The molecular weight excluding hydrogens is 264 g/mol. The molecule has 110 valence electrons. The first-order valence-corrected chi connectivity index (χ1v) is 8.23. The van der Waals surface area contributed by atoms with Crippen LogP contribution in [0.2, 0.25) is 0 Å². The maximum Gasteiger partial charge on any atom is 0.0992 e. The molecule has 3 heteroatoms. The highest BCUT2D eigenvalue weighted by molar-refractivity contribution is 7.80. The fourth-order valence-electron chi connectivity index (χ4n) is 2.29. The van der Waals surface area contributed by atoms with Gasteiger partial charge in [0.2, 0.25) is 0 Å². The van der Waals surface area contributed by atoms with E-state index in [9.17, 15) is 0 Å². The van der Waals surface area contributed by atoms with Crippen molar-refractivity contribution in [3.05, 3.63) is 29.8 Å². The molecule has 0 unspecified atom stereocenters. The monoisotopic (exact) mass is 290 g/mol. The second-order valence-corrected chi connectivity index (χ2v) is 5.73. The van der Waals surface area contributed by atoms with Gasteiger partial charge in [0.05, 0.1) is 11.6 Å².